The van der Waals surface area contributed by atoms with E-state index in [4.69, 9.17) is 9.47 Å². The van der Waals surface area contributed by atoms with Crippen LogP contribution in [0.15, 0.2) is 48.5 Å². The maximum absolute atomic E-state index is 13.1. The van der Waals surface area contributed by atoms with Crippen LogP contribution >= 0.6 is 0 Å². The lowest BCUT2D eigenvalue weighted by Gasteiger charge is -2.23. The summed E-state index contributed by atoms with van der Waals surface area (Å²) in [4.78, 5) is 27.9. The van der Waals surface area contributed by atoms with Crippen LogP contribution in [0.3, 0.4) is 0 Å². The standard InChI is InChI=1S/C21H25N3O4/c1-21(16-6-5-7-18(12-16)28-4)19(25)24(20(26)22-21)14-23(2)13-15-8-10-17(27-3)11-9-15/h5-12H,13-14H2,1-4H3,(H,22,26)/p+1/t21-/m0/s1. The number of benzene rings is 2. The van der Waals surface area contributed by atoms with E-state index in [1.54, 1.807) is 33.3 Å². The molecule has 0 spiro atoms. The van der Waals surface area contributed by atoms with Crippen molar-refractivity contribution in [2.75, 3.05) is 27.9 Å². The molecule has 1 fully saturated rings. The van der Waals surface area contributed by atoms with Crippen LogP contribution in [-0.2, 0) is 16.9 Å². The molecule has 0 aromatic heterocycles. The number of carbonyl (C=O) groups excluding carboxylic acids is 2. The van der Waals surface area contributed by atoms with Gasteiger partial charge in [0.2, 0.25) is 0 Å². The summed E-state index contributed by atoms with van der Waals surface area (Å²) in [6.45, 7) is 2.67. The van der Waals surface area contributed by atoms with Gasteiger partial charge in [-0.3, -0.25) is 4.79 Å². The number of rotatable bonds is 7. The Balaban J connectivity index is 1.72. The number of quaternary nitrogens is 1. The number of carbonyl (C=O) groups is 2. The molecule has 148 valence electrons. The van der Waals surface area contributed by atoms with Crippen molar-refractivity contribution in [3.8, 4) is 11.5 Å². The van der Waals surface area contributed by atoms with Crippen LogP contribution in [0, 0.1) is 0 Å². The van der Waals surface area contributed by atoms with E-state index in [-0.39, 0.29) is 18.6 Å². The fourth-order valence-electron chi connectivity index (χ4n) is 3.39. The Bertz CT molecular complexity index is 868. The van der Waals surface area contributed by atoms with Crippen LogP contribution in [0.5, 0.6) is 11.5 Å². The fourth-order valence-corrected chi connectivity index (χ4v) is 3.39. The molecule has 1 aliphatic rings. The van der Waals surface area contributed by atoms with E-state index in [2.05, 4.69) is 5.32 Å². The number of urea groups is 1. The molecule has 2 N–H and O–H groups in total. The molecule has 1 aliphatic heterocycles. The van der Waals surface area contributed by atoms with Crippen molar-refractivity contribution in [3.05, 3.63) is 59.7 Å². The highest BCUT2D eigenvalue weighted by atomic mass is 16.5. The van der Waals surface area contributed by atoms with Gasteiger partial charge >= 0.3 is 6.03 Å². The van der Waals surface area contributed by atoms with Gasteiger partial charge in [0.15, 0.2) is 6.67 Å². The number of hydrogen-bond donors (Lipinski definition) is 2. The molecular weight excluding hydrogens is 358 g/mol. The van der Waals surface area contributed by atoms with Gasteiger partial charge in [0.05, 0.1) is 21.3 Å². The molecule has 28 heavy (non-hydrogen) atoms. The first kappa shape index (κ1) is 19.7. The Kier molecular flexibility index (Phi) is 5.56. The minimum atomic E-state index is -1.11. The summed E-state index contributed by atoms with van der Waals surface area (Å²) in [7, 11) is 5.15. The van der Waals surface area contributed by atoms with Crippen molar-refractivity contribution in [2.24, 2.45) is 0 Å². The van der Waals surface area contributed by atoms with Gasteiger partial charge in [0, 0.05) is 5.56 Å². The Morgan fingerprint density at radius 1 is 1.04 bits per heavy atom. The second-order valence-corrected chi connectivity index (χ2v) is 7.16. The maximum Gasteiger partial charge on any atom is 0.329 e. The molecule has 2 aromatic rings. The fraction of sp³-hybridized carbons (Fsp3) is 0.333. The van der Waals surface area contributed by atoms with Crippen molar-refractivity contribution >= 4 is 11.9 Å². The molecule has 3 amide bonds. The average molecular weight is 384 g/mol. The Morgan fingerprint density at radius 3 is 2.36 bits per heavy atom. The number of methoxy groups -OCH3 is 2. The molecule has 1 unspecified atom stereocenters. The second-order valence-electron chi connectivity index (χ2n) is 7.16. The molecule has 0 bridgehead atoms. The lowest BCUT2D eigenvalue weighted by atomic mass is 9.92. The van der Waals surface area contributed by atoms with Crippen LogP contribution in [-0.4, -0.2) is 44.8 Å². The minimum absolute atomic E-state index is 0.264. The number of nitrogens with zero attached hydrogens (tertiary/aromatic N) is 1. The normalized spacial score (nSPS) is 20.1. The number of nitrogens with one attached hydrogen (secondary N) is 2. The van der Waals surface area contributed by atoms with E-state index in [9.17, 15) is 9.59 Å². The highest BCUT2D eigenvalue weighted by Gasteiger charge is 2.50. The number of amides is 3. The Hall–Kier alpha value is -3.06. The largest absolute Gasteiger partial charge is 0.497 e. The number of ether oxygens (including phenoxy) is 2. The van der Waals surface area contributed by atoms with Crippen molar-refractivity contribution in [1.29, 1.82) is 0 Å². The molecule has 7 nitrogen and oxygen atoms in total. The molecule has 7 heteroatoms. The summed E-state index contributed by atoms with van der Waals surface area (Å²) in [6.07, 6.45) is 0. The predicted octanol–water partition coefficient (Wildman–Crippen LogP) is 1.14. The van der Waals surface area contributed by atoms with Crippen molar-refractivity contribution in [3.63, 3.8) is 0 Å². The third kappa shape index (κ3) is 3.80. The first-order valence-corrected chi connectivity index (χ1v) is 9.10. The van der Waals surface area contributed by atoms with Crippen LogP contribution in [0.25, 0.3) is 0 Å². The van der Waals surface area contributed by atoms with Gasteiger partial charge in [-0.15, -0.1) is 0 Å². The first-order valence-electron chi connectivity index (χ1n) is 9.10. The predicted molar refractivity (Wildman–Crippen MR) is 104 cm³/mol. The quantitative estimate of drug-likeness (QED) is 0.703. The lowest BCUT2D eigenvalue weighted by molar-refractivity contribution is -0.901. The van der Waals surface area contributed by atoms with Gasteiger partial charge in [-0.1, -0.05) is 12.1 Å². The van der Waals surface area contributed by atoms with Gasteiger partial charge in [0.25, 0.3) is 5.91 Å². The molecule has 0 aliphatic carbocycles. The van der Waals surface area contributed by atoms with Gasteiger partial charge in [-0.25, -0.2) is 9.69 Å². The zero-order valence-corrected chi connectivity index (χ0v) is 16.6. The topological polar surface area (TPSA) is 72.3 Å². The summed E-state index contributed by atoms with van der Waals surface area (Å²) in [6, 6.07) is 14.6. The molecule has 2 aromatic carbocycles. The molecule has 0 radical (unpaired) electrons. The highest BCUT2D eigenvalue weighted by molar-refractivity contribution is 6.07. The Labute approximate surface area is 164 Å². The molecule has 3 rings (SSSR count). The summed E-state index contributed by atoms with van der Waals surface area (Å²) in [5.41, 5.74) is 0.688. The molecule has 1 heterocycles. The van der Waals surface area contributed by atoms with Crippen LogP contribution in [0.4, 0.5) is 4.79 Å². The van der Waals surface area contributed by atoms with E-state index in [1.807, 2.05) is 43.4 Å². The second kappa shape index (κ2) is 7.90. The Morgan fingerprint density at radius 2 is 1.71 bits per heavy atom. The van der Waals surface area contributed by atoms with E-state index >= 15 is 0 Å². The molecule has 0 saturated carbocycles. The summed E-state index contributed by atoms with van der Waals surface area (Å²) in [5.74, 6) is 1.17. The van der Waals surface area contributed by atoms with Gasteiger partial charge in [-0.05, 0) is 48.9 Å². The smallest absolute Gasteiger partial charge is 0.329 e. The van der Waals surface area contributed by atoms with E-state index in [0.717, 1.165) is 16.2 Å². The molecule has 2 atom stereocenters. The summed E-state index contributed by atoms with van der Waals surface area (Å²) >= 11 is 0. The van der Waals surface area contributed by atoms with Gasteiger partial charge < -0.3 is 19.7 Å². The highest BCUT2D eigenvalue weighted by Crippen LogP contribution is 2.30. The SMILES string of the molecule is COc1ccc(C[NH+](C)CN2C(=O)N[C@@](C)(c3cccc(OC)c3)C2=O)cc1. The average Bonchev–Trinajstić information content (AvgIpc) is 2.92. The maximum atomic E-state index is 13.1. The monoisotopic (exact) mass is 384 g/mol. The van der Waals surface area contributed by atoms with Gasteiger partial charge in [0.1, 0.15) is 23.6 Å². The number of hydrogen-bond acceptors (Lipinski definition) is 4. The third-order valence-corrected chi connectivity index (χ3v) is 5.02. The van der Waals surface area contributed by atoms with Gasteiger partial charge in [-0.2, -0.15) is 0 Å². The first-order chi connectivity index (χ1) is 13.4. The minimum Gasteiger partial charge on any atom is -0.497 e. The summed E-state index contributed by atoms with van der Waals surface area (Å²) < 4.78 is 10.4. The van der Waals surface area contributed by atoms with Crippen molar-refractivity contribution in [2.45, 2.75) is 19.0 Å². The van der Waals surface area contributed by atoms with Crippen LogP contribution in [0.2, 0.25) is 0 Å². The lowest BCUT2D eigenvalue weighted by Crippen LogP contribution is -3.09. The van der Waals surface area contributed by atoms with E-state index in [0.29, 0.717) is 17.9 Å². The van der Waals surface area contributed by atoms with Crippen molar-refractivity contribution < 1.29 is 24.0 Å². The number of imide groups is 1. The van der Waals surface area contributed by atoms with Crippen molar-refractivity contribution in [1.82, 2.24) is 10.2 Å². The van der Waals surface area contributed by atoms with E-state index < -0.39 is 5.54 Å². The van der Waals surface area contributed by atoms with Crippen LogP contribution in [0.1, 0.15) is 18.1 Å². The molecular formula is C21H26N3O4+. The van der Waals surface area contributed by atoms with E-state index in [1.165, 1.54) is 4.90 Å². The van der Waals surface area contributed by atoms with Crippen LogP contribution < -0.4 is 19.7 Å². The zero-order valence-electron chi connectivity index (χ0n) is 16.6. The zero-order chi connectivity index (χ0) is 20.3. The summed E-state index contributed by atoms with van der Waals surface area (Å²) in [5, 5.41) is 2.83. The molecule has 1 saturated heterocycles. The third-order valence-electron chi connectivity index (χ3n) is 5.02.